The van der Waals surface area contributed by atoms with Gasteiger partial charge in [-0.15, -0.1) is 0 Å². The molecule has 0 heterocycles. The molecular weight excluding hydrogens is 319 g/mol. The molecular formula is C10H23IOSi2. The van der Waals surface area contributed by atoms with Crippen molar-refractivity contribution in [2.45, 2.75) is 48.9 Å². The van der Waals surface area contributed by atoms with Crippen LogP contribution < -0.4 is 0 Å². The fraction of sp³-hybridized carbons (Fsp3) is 0.800. The zero-order valence-electron chi connectivity index (χ0n) is 10.1. The van der Waals surface area contributed by atoms with Crippen LogP contribution in [0.5, 0.6) is 0 Å². The van der Waals surface area contributed by atoms with Gasteiger partial charge in [0.25, 0.3) is 0 Å². The van der Waals surface area contributed by atoms with Gasteiger partial charge in [0.15, 0.2) is 0 Å². The van der Waals surface area contributed by atoms with Gasteiger partial charge in [-0.3, -0.25) is 0 Å². The molecule has 2 atom stereocenters. The SMILES string of the molecule is C[Si](C)(C)/C=C/[C@H](O)[C@H](I)[Si](C)(C)C. The molecule has 0 unspecified atom stereocenters. The molecule has 0 saturated heterocycles. The molecule has 0 aromatic carbocycles. The Balaban J connectivity index is 4.36. The van der Waals surface area contributed by atoms with Crippen LogP contribution in [-0.2, 0) is 0 Å². The highest BCUT2D eigenvalue weighted by molar-refractivity contribution is 14.1. The van der Waals surface area contributed by atoms with Crippen LogP contribution >= 0.6 is 22.6 Å². The van der Waals surface area contributed by atoms with Gasteiger partial charge in [-0.25, -0.2) is 0 Å². The maximum Gasteiger partial charge on any atom is 0.0809 e. The number of hydrogen-bond acceptors (Lipinski definition) is 1. The first kappa shape index (κ1) is 14.9. The van der Waals surface area contributed by atoms with Gasteiger partial charge in [0, 0.05) is 3.55 Å². The minimum absolute atomic E-state index is 0.256. The second-order valence-corrected chi connectivity index (χ2v) is 18.9. The van der Waals surface area contributed by atoms with Gasteiger partial charge in [0.05, 0.1) is 22.3 Å². The molecule has 0 bridgehead atoms. The smallest absolute Gasteiger partial charge is 0.0809 e. The predicted octanol–water partition coefficient (Wildman–Crippen LogP) is 3.46. The lowest BCUT2D eigenvalue weighted by Crippen LogP contribution is -2.41. The standard InChI is InChI=1S/C10H23IOSi2/c1-13(2,3)8-7-9(12)10(11)14(4,5)6/h7-10,12H,1-6H3/b8-7+/t9-,10+/m0/s1. The van der Waals surface area contributed by atoms with Crippen molar-refractivity contribution in [1.29, 1.82) is 0 Å². The van der Waals surface area contributed by atoms with E-state index in [9.17, 15) is 5.11 Å². The molecule has 0 aromatic heterocycles. The predicted molar refractivity (Wildman–Crippen MR) is 79.6 cm³/mol. The van der Waals surface area contributed by atoms with Crippen molar-refractivity contribution in [2.24, 2.45) is 0 Å². The molecule has 0 fully saturated rings. The van der Waals surface area contributed by atoms with Gasteiger partial charge >= 0.3 is 0 Å². The quantitative estimate of drug-likeness (QED) is 0.471. The van der Waals surface area contributed by atoms with Gasteiger partial charge in [-0.2, -0.15) is 0 Å². The third-order valence-electron chi connectivity index (χ3n) is 1.92. The van der Waals surface area contributed by atoms with Gasteiger partial charge in [0.2, 0.25) is 0 Å². The summed E-state index contributed by atoms with van der Waals surface area (Å²) in [6, 6.07) is 0. The zero-order chi connectivity index (χ0) is 11.6. The van der Waals surface area contributed by atoms with Crippen LogP contribution in [0.3, 0.4) is 0 Å². The van der Waals surface area contributed by atoms with Crippen LogP contribution in [0.4, 0.5) is 0 Å². The van der Waals surface area contributed by atoms with E-state index < -0.39 is 16.1 Å². The Morgan fingerprint density at radius 1 is 1.07 bits per heavy atom. The van der Waals surface area contributed by atoms with Crippen molar-refractivity contribution in [3.05, 3.63) is 11.8 Å². The van der Waals surface area contributed by atoms with Crippen molar-refractivity contribution in [2.75, 3.05) is 0 Å². The highest BCUT2D eigenvalue weighted by Gasteiger charge is 2.29. The number of rotatable bonds is 4. The molecule has 0 amide bonds. The summed E-state index contributed by atoms with van der Waals surface area (Å²) in [7, 11) is -2.37. The molecule has 0 rings (SSSR count). The van der Waals surface area contributed by atoms with E-state index in [2.05, 4.69) is 67.6 Å². The Kier molecular flexibility index (Phi) is 5.60. The van der Waals surface area contributed by atoms with E-state index in [-0.39, 0.29) is 6.10 Å². The Morgan fingerprint density at radius 3 is 1.79 bits per heavy atom. The van der Waals surface area contributed by atoms with Gasteiger partial charge < -0.3 is 5.11 Å². The van der Waals surface area contributed by atoms with Crippen LogP contribution in [-0.4, -0.2) is 30.9 Å². The molecule has 0 saturated carbocycles. The molecule has 84 valence electrons. The molecule has 1 nitrogen and oxygen atoms in total. The van der Waals surface area contributed by atoms with Crippen molar-refractivity contribution in [1.82, 2.24) is 0 Å². The minimum Gasteiger partial charge on any atom is -0.388 e. The topological polar surface area (TPSA) is 20.2 Å². The average molecular weight is 342 g/mol. The highest BCUT2D eigenvalue weighted by Crippen LogP contribution is 2.21. The molecule has 0 aliphatic heterocycles. The van der Waals surface area contributed by atoms with Crippen LogP contribution in [0.15, 0.2) is 11.8 Å². The second-order valence-electron chi connectivity index (χ2n) is 5.98. The third-order valence-corrected chi connectivity index (χ3v) is 11.5. The first-order chi connectivity index (χ1) is 6.04. The largest absolute Gasteiger partial charge is 0.388 e. The lowest BCUT2D eigenvalue weighted by molar-refractivity contribution is 0.240. The van der Waals surface area contributed by atoms with Gasteiger partial charge in [0.1, 0.15) is 0 Å². The summed E-state index contributed by atoms with van der Waals surface area (Å²) in [6.45, 7) is 13.8. The van der Waals surface area contributed by atoms with Crippen molar-refractivity contribution in [3.8, 4) is 0 Å². The first-order valence-corrected chi connectivity index (χ1v) is 13.5. The molecule has 1 N–H and O–H groups in total. The number of aliphatic hydroxyl groups is 1. The second kappa shape index (κ2) is 5.27. The summed E-state index contributed by atoms with van der Waals surface area (Å²) in [5, 5.41) is 9.98. The highest BCUT2D eigenvalue weighted by atomic mass is 127. The fourth-order valence-corrected chi connectivity index (χ4v) is 3.15. The Morgan fingerprint density at radius 2 is 1.50 bits per heavy atom. The lowest BCUT2D eigenvalue weighted by atomic mass is 10.4. The summed E-state index contributed by atoms with van der Waals surface area (Å²) >= 11 is 2.40. The van der Waals surface area contributed by atoms with E-state index in [1.807, 2.05) is 6.08 Å². The number of hydrogen-bond donors (Lipinski definition) is 1. The molecule has 14 heavy (non-hydrogen) atoms. The fourth-order valence-electron chi connectivity index (χ4n) is 0.997. The van der Waals surface area contributed by atoms with E-state index in [0.717, 1.165) is 0 Å². The van der Waals surface area contributed by atoms with E-state index in [4.69, 9.17) is 0 Å². The normalized spacial score (nSPS) is 18.6. The summed E-state index contributed by atoms with van der Waals surface area (Å²) < 4.78 is 0.410. The maximum absolute atomic E-state index is 9.98. The number of halogens is 1. The van der Waals surface area contributed by atoms with Gasteiger partial charge in [-0.1, -0.05) is 73.6 Å². The van der Waals surface area contributed by atoms with E-state index >= 15 is 0 Å². The van der Waals surface area contributed by atoms with Crippen LogP contribution in [0.2, 0.25) is 39.3 Å². The lowest BCUT2D eigenvalue weighted by Gasteiger charge is -2.26. The van der Waals surface area contributed by atoms with Crippen LogP contribution in [0, 0.1) is 0 Å². The van der Waals surface area contributed by atoms with Crippen LogP contribution in [0.1, 0.15) is 0 Å². The Labute approximate surface area is 104 Å². The summed E-state index contributed by atoms with van der Waals surface area (Å²) in [5.74, 6) is 0. The number of alkyl halides is 1. The Hall–Kier alpha value is 0.864. The number of aliphatic hydroxyl groups excluding tert-OH is 1. The zero-order valence-corrected chi connectivity index (χ0v) is 14.3. The van der Waals surface area contributed by atoms with Crippen molar-refractivity contribution in [3.63, 3.8) is 0 Å². The molecule has 4 heteroatoms. The first-order valence-electron chi connectivity index (χ1n) is 5.05. The molecule has 0 aliphatic rings. The van der Waals surface area contributed by atoms with E-state index in [0.29, 0.717) is 3.55 Å². The summed E-state index contributed by atoms with van der Waals surface area (Å²) in [5.41, 5.74) is 2.24. The molecule has 0 aromatic rings. The molecule has 0 radical (unpaired) electrons. The monoisotopic (exact) mass is 342 g/mol. The van der Waals surface area contributed by atoms with Gasteiger partial charge in [-0.05, 0) is 0 Å². The average Bonchev–Trinajstić information content (AvgIpc) is 1.95. The Bertz CT molecular complexity index is 203. The van der Waals surface area contributed by atoms with Crippen molar-refractivity contribution < 1.29 is 5.11 Å². The van der Waals surface area contributed by atoms with E-state index in [1.165, 1.54) is 0 Å². The third kappa shape index (κ3) is 6.37. The summed E-state index contributed by atoms with van der Waals surface area (Å²) in [4.78, 5) is 0. The molecule has 0 aliphatic carbocycles. The van der Waals surface area contributed by atoms with E-state index in [1.54, 1.807) is 0 Å². The minimum atomic E-state index is -1.22. The summed E-state index contributed by atoms with van der Waals surface area (Å²) in [6.07, 6.45) is 1.76. The van der Waals surface area contributed by atoms with Crippen molar-refractivity contribution >= 4 is 38.7 Å². The maximum atomic E-state index is 9.98. The molecule has 0 spiro atoms. The van der Waals surface area contributed by atoms with Crippen LogP contribution in [0.25, 0.3) is 0 Å².